The SMILES string of the molecule is Cc1cc(C(=O)NCc2cc(F)cc(F)c2)cc(C)c1C(=O)N/C(=C\c1cnc2ccccc2c1)C(=O)O. The van der Waals surface area contributed by atoms with Crippen LogP contribution in [0.25, 0.3) is 17.0 Å². The predicted octanol–water partition coefficient (Wildman–Crippen LogP) is 4.92. The molecule has 4 aromatic rings. The Hall–Kier alpha value is -4.92. The Bertz CT molecular complexity index is 1570. The molecular weight excluding hydrogens is 492 g/mol. The maximum Gasteiger partial charge on any atom is 0.352 e. The first-order valence-electron chi connectivity index (χ1n) is 11.6. The van der Waals surface area contributed by atoms with Gasteiger partial charge in [-0.15, -0.1) is 0 Å². The van der Waals surface area contributed by atoms with Crippen molar-refractivity contribution in [1.29, 1.82) is 0 Å². The molecule has 0 aliphatic carbocycles. The van der Waals surface area contributed by atoms with Gasteiger partial charge in [-0.2, -0.15) is 0 Å². The number of fused-ring (bicyclic) bond motifs is 1. The number of halogens is 2. The number of hydrogen-bond acceptors (Lipinski definition) is 4. The first-order chi connectivity index (χ1) is 18.1. The van der Waals surface area contributed by atoms with Crippen LogP contribution in [0.3, 0.4) is 0 Å². The Morgan fingerprint density at radius 3 is 2.24 bits per heavy atom. The number of carboxylic acids is 1. The van der Waals surface area contributed by atoms with E-state index in [2.05, 4.69) is 15.6 Å². The van der Waals surface area contributed by atoms with Gasteiger partial charge in [0, 0.05) is 35.3 Å². The van der Waals surface area contributed by atoms with E-state index in [1.165, 1.54) is 24.4 Å². The molecule has 0 radical (unpaired) electrons. The minimum absolute atomic E-state index is 0.0930. The molecule has 0 saturated heterocycles. The molecule has 192 valence electrons. The topological polar surface area (TPSA) is 108 Å². The van der Waals surface area contributed by atoms with Crippen molar-refractivity contribution < 1.29 is 28.3 Å². The second-order valence-electron chi connectivity index (χ2n) is 8.72. The van der Waals surface area contributed by atoms with Crippen molar-refractivity contribution in [2.75, 3.05) is 0 Å². The van der Waals surface area contributed by atoms with Crippen LogP contribution in [-0.2, 0) is 11.3 Å². The molecule has 9 heteroatoms. The Labute approximate surface area is 216 Å². The fourth-order valence-electron chi connectivity index (χ4n) is 4.12. The molecule has 0 saturated carbocycles. The van der Waals surface area contributed by atoms with Crippen molar-refractivity contribution in [3.8, 4) is 0 Å². The number of carbonyl (C=O) groups is 3. The zero-order valence-corrected chi connectivity index (χ0v) is 20.5. The van der Waals surface area contributed by atoms with Gasteiger partial charge in [-0.25, -0.2) is 13.6 Å². The molecule has 0 atom stereocenters. The minimum Gasteiger partial charge on any atom is -0.477 e. The lowest BCUT2D eigenvalue weighted by Gasteiger charge is -2.14. The highest BCUT2D eigenvalue weighted by Gasteiger charge is 2.19. The van der Waals surface area contributed by atoms with E-state index in [1.54, 1.807) is 19.9 Å². The normalized spacial score (nSPS) is 11.3. The summed E-state index contributed by atoms with van der Waals surface area (Å²) in [6.07, 6.45) is 2.83. The molecule has 3 N–H and O–H groups in total. The number of hydrogen-bond donors (Lipinski definition) is 3. The number of aliphatic carboxylic acids is 1. The number of aryl methyl sites for hydroxylation is 2. The van der Waals surface area contributed by atoms with Crippen LogP contribution < -0.4 is 10.6 Å². The van der Waals surface area contributed by atoms with Crippen molar-refractivity contribution in [1.82, 2.24) is 15.6 Å². The van der Waals surface area contributed by atoms with Crippen LogP contribution in [0.1, 0.15) is 43.0 Å². The summed E-state index contributed by atoms with van der Waals surface area (Å²) in [5.41, 5.74) is 2.53. The maximum absolute atomic E-state index is 13.4. The van der Waals surface area contributed by atoms with Crippen molar-refractivity contribution in [2.24, 2.45) is 0 Å². The predicted molar refractivity (Wildman–Crippen MR) is 138 cm³/mol. The van der Waals surface area contributed by atoms with Crippen LogP contribution in [0.2, 0.25) is 0 Å². The molecule has 1 aromatic heterocycles. The number of nitrogens with one attached hydrogen (secondary N) is 2. The number of amides is 2. The van der Waals surface area contributed by atoms with Crippen LogP contribution in [0, 0.1) is 25.5 Å². The van der Waals surface area contributed by atoms with Crippen LogP contribution in [0.15, 0.2) is 72.6 Å². The summed E-state index contributed by atoms with van der Waals surface area (Å²) in [6.45, 7) is 3.15. The monoisotopic (exact) mass is 515 g/mol. The molecule has 0 aliphatic heterocycles. The highest BCUT2D eigenvalue weighted by atomic mass is 19.1. The van der Waals surface area contributed by atoms with Crippen LogP contribution >= 0.6 is 0 Å². The van der Waals surface area contributed by atoms with Gasteiger partial charge in [-0.3, -0.25) is 14.6 Å². The number of carbonyl (C=O) groups excluding carboxylic acids is 2. The van der Waals surface area contributed by atoms with Gasteiger partial charge < -0.3 is 15.7 Å². The standard InChI is InChI=1S/C29H23F2N3O4/c1-16-7-21(27(35)33-15-19-10-22(30)13-23(31)11-19)8-17(2)26(16)28(36)34-25(29(37)38)12-18-9-20-5-3-4-6-24(20)32-14-18/h3-14H,15H2,1-2H3,(H,33,35)(H,34,36)(H,37,38)/b25-12-. The molecule has 2 amide bonds. The van der Waals surface area contributed by atoms with Gasteiger partial charge in [0.25, 0.3) is 11.8 Å². The number of para-hydroxylation sites is 1. The number of aromatic nitrogens is 1. The highest BCUT2D eigenvalue weighted by molar-refractivity contribution is 6.05. The molecule has 0 fully saturated rings. The average Bonchev–Trinajstić information content (AvgIpc) is 2.85. The third-order valence-electron chi connectivity index (χ3n) is 5.80. The molecule has 7 nitrogen and oxygen atoms in total. The summed E-state index contributed by atoms with van der Waals surface area (Å²) in [5.74, 6) is -3.97. The Balaban J connectivity index is 1.52. The summed E-state index contributed by atoms with van der Waals surface area (Å²) in [4.78, 5) is 41.9. The summed E-state index contributed by atoms with van der Waals surface area (Å²) in [7, 11) is 0. The molecule has 4 rings (SSSR count). The zero-order valence-electron chi connectivity index (χ0n) is 20.5. The Morgan fingerprint density at radius 2 is 1.58 bits per heavy atom. The molecule has 1 heterocycles. The minimum atomic E-state index is -1.33. The van der Waals surface area contributed by atoms with Crippen LogP contribution in [-0.4, -0.2) is 27.9 Å². The second-order valence-corrected chi connectivity index (χ2v) is 8.72. The first kappa shape index (κ1) is 26.2. The van der Waals surface area contributed by atoms with Gasteiger partial charge in [-0.05, 0) is 78.6 Å². The fraction of sp³-hybridized carbons (Fsp3) is 0.103. The molecule has 0 unspecified atom stereocenters. The van der Waals surface area contributed by atoms with Gasteiger partial charge in [0.15, 0.2) is 0 Å². The lowest BCUT2D eigenvalue weighted by atomic mass is 9.98. The van der Waals surface area contributed by atoms with Gasteiger partial charge in [0.1, 0.15) is 17.3 Å². The van der Waals surface area contributed by atoms with Gasteiger partial charge in [0.05, 0.1) is 5.52 Å². The number of nitrogens with zero attached hydrogens (tertiary/aromatic N) is 1. The van der Waals surface area contributed by atoms with Crippen molar-refractivity contribution in [3.05, 3.63) is 118 Å². The van der Waals surface area contributed by atoms with E-state index in [-0.39, 0.29) is 28.9 Å². The average molecular weight is 516 g/mol. The lowest BCUT2D eigenvalue weighted by Crippen LogP contribution is -2.29. The van der Waals surface area contributed by atoms with E-state index < -0.39 is 29.4 Å². The largest absolute Gasteiger partial charge is 0.477 e. The summed E-state index contributed by atoms with van der Waals surface area (Å²) in [5, 5.41) is 15.5. The molecule has 0 aliphatic rings. The number of rotatable bonds is 7. The first-order valence-corrected chi connectivity index (χ1v) is 11.6. The third kappa shape index (κ3) is 6.07. The van der Waals surface area contributed by atoms with E-state index in [0.717, 1.165) is 29.1 Å². The van der Waals surface area contributed by atoms with Crippen LogP contribution in [0.4, 0.5) is 8.78 Å². The smallest absolute Gasteiger partial charge is 0.352 e. The van der Waals surface area contributed by atoms with Crippen molar-refractivity contribution in [3.63, 3.8) is 0 Å². The van der Waals surface area contributed by atoms with Crippen molar-refractivity contribution in [2.45, 2.75) is 20.4 Å². The molecular formula is C29H23F2N3O4. The van der Waals surface area contributed by atoms with E-state index in [0.29, 0.717) is 16.7 Å². The van der Waals surface area contributed by atoms with Crippen LogP contribution in [0.5, 0.6) is 0 Å². The Morgan fingerprint density at radius 1 is 0.921 bits per heavy atom. The van der Waals surface area contributed by atoms with Gasteiger partial charge in [-0.1, -0.05) is 18.2 Å². The molecule has 38 heavy (non-hydrogen) atoms. The van der Waals surface area contributed by atoms with Gasteiger partial charge >= 0.3 is 5.97 Å². The van der Waals surface area contributed by atoms with Crippen molar-refractivity contribution >= 4 is 34.8 Å². The number of pyridine rings is 1. The van der Waals surface area contributed by atoms with E-state index in [1.807, 2.05) is 24.3 Å². The molecule has 0 spiro atoms. The summed E-state index contributed by atoms with van der Waals surface area (Å²) in [6, 6.07) is 15.1. The fourth-order valence-corrected chi connectivity index (χ4v) is 4.12. The second kappa shape index (κ2) is 11.0. The number of benzene rings is 3. The lowest BCUT2D eigenvalue weighted by molar-refractivity contribution is -0.132. The number of carboxylic acid groups (broad SMARTS) is 1. The summed E-state index contributed by atoms with van der Waals surface area (Å²) < 4.78 is 26.8. The van der Waals surface area contributed by atoms with E-state index in [4.69, 9.17) is 0 Å². The zero-order chi connectivity index (χ0) is 27.4. The van der Waals surface area contributed by atoms with E-state index >= 15 is 0 Å². The quantitative estimate of drug-likeness (QED) is 0.303. The Kier molecular flexibility index (Phi) is 7.57. The highest BCUT2D eigenvalue weighted by Crippen LogP contribution is 2.19. The van der Waals surface area contributed by atoms with Gasteiger partial charge in [0.2, 0.25) is 0 Å². The molecule has 0 bridgehead atoms. The molecule has 3 aromatic carbocycles. The maximum atomic E-state index is 13.4. The summed E-state index contributed by atoms with van der Waals surface area (Å²) >= 11 is 0. The third-order valence-corrected chi connectivity index (χ3v) is 5.80. The van der Waals surface area contributed by atoms with E-state index in [9.17, 15) is 28.3 Å².